The third kappa shape index (κ3) is 2.55. The van der Waals surface area contributed by atoms with Crippen molar-refractivity contribution in [3.63, 3.8) is 0 Å². The van der Waals surface area contributed by atoms with Gasteiger partial charge in [-0.2, -0.15) is 0 Å². The highest BCUT2D eigenvalue weighted by molar-refractivity contribution is 5.93. The molecule has 0 aromatic carbocycles. The van der Waals surface area contributed by atoms with Crippen LogP contribution in [-0.4, -0.2) is 27.9 Å². The topological polar surface area (TPSA) is 91.7 Å². The number of rotatable bonds is 4. The van der Waals surface area contributed by atoms with Crippen LogP contribution in [0.15, 0.2) is 0 Å². The van der Waals surface area contributed by atoms with Crippen LogP contribution in [0.25, 0.3) is 0 Å². The van der Waals surface area contributed by atoms with Crippen molar-refractivity contribution in [2.24, 2.45) is 11.8 Å². The minimum Gasteiger partial charge on any atom is -0.481 e. The fourth-order valence-corrected chi connectivity index (χ4v) is 1.73. The molecule has 1 unspecified atom stereocenters. The number of hydrogen-bond acceptors (Lipinski definition) is 3. The molecule has 0 bridgehead atoms. The number of carboxylic acids is 2. The molecule has 1 aliphatic carbocycles. The molecule has 0 heterocycles. The van der Waals surface area contributed by atoms with Gasteiger partial charge in [0.15, 0.2) is 5.92 Å². The first-order valence-corrected chi connectivity index (χ1v) is 4.48. The molecule has 0 spiro atoms. The lowest BCUT2D eigenvalue weighted by molar-refractivity contribution is -0.155. The molecule has 78 valence electrons. The van der Waals surface area contributed by atoms with Gasteiger partial charge in [0, 0.05) is 12.8 Å². The Bertz CT molecular complexity index is 256. The summed E-state index contributed by atoms with van der Waals surface area (Å²) in [5.41, 5.74) is 0. The first-order valence-electron chi connectivity index (χ1n) is 4.48. The van der Waals surface area contributed by atoms with Gasteiger partial charge in [-0.15, -0.1) is 0 Å². The second-order valence-corrected chi connectivity index (χ2v) is 3.61. The minimum atomic E-state index is -1.37. The monoisotopic (exact) mass is 200 g/mol. The molecular weight excluding hydrogens is 188 g/mol. The Kier molecular flexibility index (Phi) is 3.22. The van der Waals surface area contributed by atoms with Crippen LogP contribution >= 0.6 is 0 Å². The van der Waals surface area contributed by atoms with E-state index in [1.807, 2.05) is 0 Å². The minimum absolute atomic E-state index is 0.0659. The van der Waals surface area contributed by atoms with Crippen molar-refractivity contribution in [3.8, 4) is 0 Å². The van der Waals surface area contributed by atoms with Gasteiger partial charge in [-0.05, 0) is 18.8 Å². The van der Waals surface area contributed by atoms with Crippen molar-refractivity contribution in [1.29, 1.82) is 0 Å². The van der Waals surface area contributed by atoms with E-state index < -0.39 is 17.9 Å². The highest BCUT2D eigenvalue weighted by Gasteiger charge is 2.32. The lowest BCUT2D eigenvalue weighted by atomic mass is 9.93. The maximum absolute atomic E-state index is 10.9. The van der Waals surface area contributed by atoms with Gasteiger partial charge in [0.25, 0.3) is 0 Å². The average Bonchev–Trinajstić information content (AvgIpc) is 2.46. The number of ketones is 1. The summed E-state index contributed by atoms with van der Waals surface area (Å²) in [6.07, 6.45) is 1.47. The Labute approximate surface area is 80.7 Å². The number of carbonyl (C=O) groups is 3. The SMILES string of the molecule is O=C1CCC(CC(C(=O)O)C(=O)O)C1. The Morgan fingerprint density at radius 1 is 1.36 bits per heavy atom. The highest BCUT2D eigenvalue weighted by Crippen LogP contribution is 2.28. The van der Waals surface area contributed by atoms with Gasteiger partial charge in [0.2, 0.25) is 0 Å². The highest BCUT2D eigenvalue weighted by atomic mass is 16.4. The second kappa shape index (κ2) is 4.21. The van der Waals surface area contributed by atoms with Crippen LogP contribution in [0.3, 0.4) is 0 Å². The standard InChI is InChI=1S/C9H12O5/c10-6-2-1-5(3-6)4-7(8(11)12)9(13)14/h5,7H,1-4H2,(H,11,12)(H,13,14). The third-order valence-corrected chi connectivity index (χ3v) is 2.51. The Morgan fingerprint density at radius 3 is 2.29 bits per heavy atom. The molecule has 0 saturated heterocycles. The van der Waals surface area contributed by atoms with Gasteiger partial charge in [-0.3, -0.25) is 14.4 Å². The van der Waals surface area contributed by atoms with E-state index >= 15 is 0 Å². The molecule has 1 aliphatic rings. The predicted molar refractivity (Wildman–Crippen MR) is 45.7 cm³/mol. The molecule has 0 aromatic rings. The Morgan fingerprint density at radius 2 is 1.93 bits per heavy atom. The van der Waals surface area contributed by atoms with E-state index in [9.17, 15) is 14.4 Å². The molecule has 0 aromatic heterocycles. The summed E-state index contributed by atoms with van der Waals surface area (Å²) >= 11 is 0. The molecule has 1 fully saturated rings. The van der Waals surface area contributed by atoms with Crippen LogP contribution in [0, 0.1) is 11.8 Å². The summed E-state index contributed by atoms with van der Waals surface area (Å²) < 4.78 is 0. The van der Waals surface area contributed by atoms with Crippen LogP contribution in [0.4, 0.5) is 0 Å². The lowest BCUT2D eigenvalue weighted by Crippen LogP contribution is -2.25. The van der Waals surface area contributed by atoms with Gasteiger partial charge in [-0.1, -0.05) is 0 Å². The lowest BCUT2D eigenvalue weighted by Gasteiger charge is -2.11. The molecule has 2 N–H and O–H groups in total. The van der Waals surface area contributed by atoms with Gasteiger partial charge < -0.3 is 10.2 Å². The molecule has 14 heavy (non-hydrogen) atoms. The summed E-state index contributed by atoms with van der Waals surface area (Å²) in [6.45, 7) is 0. The van der Waals surface area contributed by atoms with E-state index in [0.717, 1.165) is 0 Å². The number of Topliss-reactive ketones (excluding diaryl/α,β-unsaturated/α-hetero) is 1. The fourth-order valence-electron chi connectivity index (χ4n) is 1.73. The van der Waals surface area contributed by atoms with Crippen molar-refractivity contribution >= 4 is 17.7 Å². The zero-order valence-electron chi connectivity index (χ0n) is 7.60. The molecule has 5 heteroatoms. The van der Waals surface area contributed by atoms with E-state index in [1.54, 1.807) is 0 Å². The number of carboxylic acid groups (broad SMARTS) is 2. The fraction of sp³-hybridized carbons (Fsp3) is 0.667. The Hall–Kier alpha value is -1.39. The molecule has 1 atom stereocenters. The van der Waals surface area contributed by atoms with Crippen LogP contribution < -0.4 is 0 Å². The predicted octanol–water partition coefficient (Wildman–Crippen LogP) is 0.531. The van der Waals surface area contributed by atoms with Crippen molar-refractivity contribution < 1.29 is 24.6 Å². The summed E-state index contributed by atoms with van der Waals surface area (Å²) in [7, 11) is 0. The van der Waals surface area contributed by atoms with Gasteiger partial charge in [0.1, 0.15) is 5.78 Å². The van der Waals surface area contributed by atoms with Crippen LogP contribution in [0.1, 0.15) is 25.7 Å². The summed E-state index contributed by atoms with van der Waals surface area (Å²) in [4.78, 5) is 32.0. The van der Waals surface area contributed by atoms with Gasteiger partial charge in [0.05, 0.1) is 0 Å². The van der Waals surface area contributed by atoms with Crippen LogP contribution in [-0.2, 0) is 14.4 Å². The third-order valence-electron chi connectivity index (χ3n) is 2.51. The molecule has 1 saturated carbocycles. The second-order valence-electron chi connectivity index (χ2n) is 3.61. The Balaban J connectivity index is 2.52. The molecule has 0 amide bonds. The van der Waals surface area contributed by atoms with Crippen molar-refractivity contribution in [2.75, 3.05) is 0 Å². The average molecular weight is 200 g/mol. The molecular formula is C9H12O5. The van der Waals surface area contributed by atoms with Crippen LogP contribution in [0.5, 0.6) is 0 Å². The zero-order valence-corrected chi connectivity index (χ0v) is 7.60. The van der Waals surface area contributed by atoms with E-state index in [-0.39, 0.29) is 18.1 Å². The van der Waals surface area contributed by atoms with Crippen LogP contribution in [0.2, 0.25) is 0 Å². The summed E-state index contributed by atoms with van der Waals surface area (Å²) in [5, 5.41) is 17.2. The number of carbonyl (C=O) groups excluding carboxylic acids is 1. The molecule has 0 radical (unpaired) electrons. The van der Waals surface area contributed by atoms with E-state index in [4.69, 9.17) is 10.2 Å². The number of hydrogen-bond donors (Lipinski definition) is 2. The van der Waals surface area contributed by atoms with Gasteiger partial charge in [-0.25, -0.2) is 0 Å². The summed E-state index contributed by atoms with van der Waals surface area (Å²) in [6, 6.07) is 0. The molecule has 5 nitrogen and oxygen atoms in total. The smallest absolute Gasteiger partial charge is 0.317 e. The van der Waals surface area contributed by atoms with E-state index in [1.165, 1.54) is 0 Å². The van der Waals surface area contributed by atoms with Crippen molar-refractivity contribution in [1.82, 2.24) is 0 Å². The number of aliphatic carboxylic acids is 2. The summed E-state index contributed by atoms with van der Waals surface area (Å²) in [5.74, 6) is -3.98. The zero-order chi connectivity index (χ0) is 10.7. The first kappa shape index (κ1) is 10.7. The van der Waals surface area contributed by atoms with E-state index in [2.05, 4.69) is 0 Å². The molecule has 0 aliphatic heterocycles. The van der Waals surface area contributed by atoms with E-state index in [0.29, 0.717) is 19.3 Å². The molecule has 1 rings (SSSR count). The maximum Gasteiger partial charge on any atom is 0.317 e. The largest absolute Gasteiger partial charge is 0.481 e. The van der Waals surface area contributed by atoms with Gasteiger partial charge >= 0.3 is 11.9 Å². The maximum atomic E-state index is 10.9. The first-order chi connectivity index (χ1) is 6.50. The quantitative estimate of drug-likeness (QED) is 0.646. The normalized spacial score (nSPS) is 21.5. The van der Waals surface area contributed by atoms with Crippen molar-refractivity contribution in [2.45, 2.75) is 25.7 Å². The van der Waals surface area contributed by atoms with Crippen molar-refractivity contribution in [3.05, 3.63) is 0 Å².